The van der Waals surface area contributed by atoms with Crippen LogP contribution in [-0.4, -0.2) is 19.9 Å². The first-order valence-electron chi connectivity index (χ1n) is 8.12. The summed E-state index contributed by atoms with van der Waals surface area (Å²) in [6.45, 7) is 0. The second-order valence-corrected chi connectivity index (χ2v) is 5.91. The monoisotopic (exact) mass is 325 g/mol. The van der Waals surface area contributed by atoms with Crippen molar-refractivity contribution < 1.29 is 0 Å². The van der Waals surface area contributed by atoms with Crippen LogP contribution >= 0.6 is 0 Å². The number of hydrogen-bond donors (Lipinski definition) is 3. The molecule has 2 aromatic heterocycles. The van der Waals surface area contributed by atoms with E-state index in [4.69, 9.17) is 0 Å². The van der Waals surface area contributed by atoms with Crippen molar-refractivity contribution in [2.45, 2.75) is 0 Å². The van der Waals surface area contributed by atoms with Crippen molar-refractivity contribution in [2.75, 3.05) is 5.32 Å². The maximum absolute atomic E-state index is 4.63. The summed E-state index contributed by atoms with van der Waals surface area (Å²) < 4.78 is 0. The number of aromatic nitrogens is 4. The van der Waals surface area contributed by atoms with E-state index in [1.807, 2.05) is 72.8 Å². The van der Waals surface area contributed by atoms with E-state index in [1.165, 1.54) is 0 Å². The van der Waals surface area contributed by atoms with E-state index in [0.29, 0.717) is 0 Å². The minimum atomic E-state index is 0.734. The molecule has 0 unspecified atom stereocenters. The second-order valence-electron chi connectivity index (χ2n) is 5.91. The van der Waals surface area contributed by atoms with Crippen LogP contribution in [0, 0.1) is 0 Å². The maximum Gasteiger partial charge on any atom is 0.205 e. The average Bonchev–Trinajstić information content (AvgIpc) is 3.25. The molecular weight excluding hydrogens is 310 g/mol. The van der Waals surface area contributed by atoms with Crippen molar-refractivity contribution in [2.24, 2.45) is 0 Å². The lowest BCUT2D eigenvalue weighted by atomic mass is 10.2. The molecule has 0 saturated heterocycles. The van der Waals surface area contributed by atoms with E-state index in [1.54, 1.807) is 0 Å². The van der Waals surface area contributed by atoms with Gasteiger partial charge in [-0.05, 0) is 48.5 Å². The van der Waals surface area contributed by atoms with E-state index in [2.05, 4.69) is 25.3 Å². The standard InChI is InChI=1S/C20H15N5/c1-2-6-16-15(5-1)22-19(23-16)13-9-11-14(12-10-13)21-20-24-17-7-3-4-8-18(17)25-20/h1-12H,(H,22,23)(H2,21,24,25). The molecule has 0 atom stereocenters. The zero-order chi connectivity index (χ0) is 16.6. The smallest absolute Gasteiger partial charge is 0.205 e. The number of imidazole rings is 2. The molecule has 0 saturated carbocycles. The van der Waals surface area contributed by atoms with Crippen molar-refractivity contribution in [3.63, 3.8) is 0 Å². The number of H-pyrrole nitrogens is 2. The van der Waals surface area contributed by atoms with Gasteiger partial charge in [0, 0.05) is 11.3 Å². The summed E-state index contributed by atoms with van der Waals surface area (Å²) in [6.07, 6.45) is 0. The highest BCUT2D eigenvalue weighted by Crippen LogP contribution is 2.23. The highest BCUT2D eigenvalue weighted by molar-refractivity contribution is 5.80. The molecule has 5 aromatic rings. The lowest BCUT2D eigenvalue weighted by Crippen LogP contribution is -1.92. The molecule has 0 bridgehead atoms. The molecule has 5 rings (SSSR count). The molecule has 0 aliphatic carbocycles. The number of fused-ring (bicyclic) bond motifs is 2. The number of benzene rings is 3. The van der Waals surface area contributed by atoms with Gasteiger partial charge in [0.1, 0.15) is 5.82 Å². The highest BCUT2D eigenvalue weighted by Gasteiger charge is 2.06. The highest BCUT2D eigenvalue weighted by atomic mass is 15.1. The second kappa shape index (κ2) is 5.49. The number of nitrogens with one attached hydrogen (secondary N) is 3. The van der Waals surface area contributed by atoms with Gasteiger partial charge in [-0.3, -0.25) is 0 Å². The number of para-hydroxylation sites is 4. The van der Waals surface area contributed by atoms with E-state index in [0.717, 1.165) is 45.1 Å². The summed E-state index contributed by atoms with van der Waals surface area (Å²) in [7, 11) is 0. The molecule has 25 heavy (non-hydrogen) atoms. The molecule has 3 aromatic carbocycles. The van der Waals surface area contributed by atoms with Gasteiger partial charge in [-0.1, -0.05) is 24.3 Å². The van der Waals surface area contributed by atoms with E-state index >= 15 is 0 Å². The predicted molar refractivity (Wildman–Crippen MR) is 101 cm³/mol. The van der Waals surface area contributed by atoms with Gasteiger partial charge < -0.3 is 15.3 Å². The Balaban J connectivity index is 1.42. The van der Waals surface area contributed by atoms with Gasteiger partial charge in [0.05, 0.1) is 22.1 Å². The molecule has 0 radical (unpaired) electrons. The molecule has 5 nitrogen and oxygen atoms in total. The van der Waals surface area contributed by atoms with E-state index in [-0.39, 0.29) is 0 Å². The van der Waals surface area contributed by atoms with Gasteiger partial charge in [0.2, 0.25) is 5.95 Å². The summed E-state index contributed by atoms with van der Waals surface area (Å²) >= 11 is 0. The summed E-state index contributed by atoms with van der Waals surface area (Å²) in [5.74, 6) is 1.61. The third-order valence-corrected chi connectivity index (χ3v) is 4.20. The zero-order valence-electron chi connectivity index (χ0n) is 13.3. The van der Waals surface area contributed by atoms with Crippen molar-refractivity contribution in [3.05, 3.63) is 72.8 Å². The van der Waals surface area contributed by atoms with E-state index < -0.39 is 0 Å². The average molecular weight is 325 g/mol. The first-order chi connectivity index (χ1) is 12.3. The largest absolute Gasteiger partial charge is 0.338 e. The SMILES string of the molecule is c1ccc2[nH]c(Nc3ccc(-c4nc5ccccc5[nH]4)cc3)nc2c1. The van der Waals surface area contributed by atoms with Crippen LogP contribution < -0.4 is 5.32 Å². The Morgan fingerprint density at radius 2 is 1.28 bits per heavy atom. The minimum Gasteiger partial charge on any atom is -0.338 e. The Labute approximate surface area is 143 Å². The van der Waals surface area contributed by atoms with Gasteiger partial charge in [-0.2, -0.15) is 0 Å². The van der Waals surface area contributed by atoms with E-state index in [9.17, 15) is 0 Å². The lowest BCUT2D eigenvalue weighted by molar-refractivity contribution is 1.30. The lowest BCUT2D eigenvalue weighted by Gasteiger charge is -2.03. The van der Waals surface area contributed by atoms with Crippen LogP contribution in [0.3, 0.4) is 0 Å². The summed E-state index contributed by atoms with van der Waals surface area (Å²) in [5, 5.41) is 3.30. The van der Waals surface area contributed by atoms with Crippen molar-refractivity contribution in [1.29, 1.82) is 0 Å². The first kappa shape index (κ1) is 13.8. The topological polar surface area (TPSA) is 69.4 Å². The van der Waals surface area contributed by atoms with Crippen LogP contribution in [0.2, 0.25) is 0 Å². The number of anilines is 2. The third kappa shape index (κ3) is 2.52. The molecule has 0 amide bonds. The normalized spacial score (nSPS) is 11.2. The van der Waals surface area contributed by atoms with Gasteiger partial charge in [-0.15, -0.1) is 0 Å². The van der Waals surface area contributed by atoms with Crippen LogP contribution in [0.15, 0.2) is 72.8 Å². The predicted octanol–water partition coefficient (Wildman–Crippen LogP) is 4.85. The van der Waals surface area contributed by atoms with Gasteiger partial charge >= 0.3 is 0 Å². The van der Waals surface area contributed by atoms with Crippen molar-refractivity contribution >= 4 is 33.7 Å². The van der Waals surface area contributed by atoms with Gasteiger partial charge in [0.15, 0.2) is 0 Å². The Bertz CT molecular complexity index is 1100. The molecule has 0 aliphatic rings. The maximum atomic E-state index is 4.63. The molecule has 120 valence electrons. The Morgan fingerprint density at radius 3 is 1.96 bits per heavy atom. The van der Waals surface area contributed by atoms with Crippen LogP contribution in [0.25, 0.3) is 33.5 Å². The van der Waals surface area contributed by atoms with Crippen molar-refractivity contribution in [3.8, 4) is 11.4 Å². The van der Waals surface area contributed by atoms with Crippen LogP contribution in [0.1, 0.15) is 0 Å². The van der Waals surface area contributed by atoms with Crippen LogP contribution in [0.5, 0.6) is 0 Å². The zero-order valence-corrected chi connectivity index (χ0v) is 13.3. The molecule has 3 N–H and O–H groups in total. The number of rotatable bonds is 3. The fraction of sp³-hybridized carbons (Fsp3) is 0. The summed E-state index contributed by atoms with van der Waals surface area (Å²) in [6, 6.07) is 24.1. The Hall–Kier alpha value is -3.60. The fourth-order valence-corrected chi connectivity index (χ4v) is 2.95. The number of hydrogen-bond acceptors (Lipinski definition) is 3. The molecule has 5 heteroatoms. The summed E-state index contributed by atoms with van der Waals surface area (Å²) in [4.78, 5) is 15.8. The molecular formula is C20H15N5. The fourth-order valence-electron chi connectivity index (χ4n) is 2.95. The van der Waals surface area contributed by atoms with Crippen LogP contribution in [-0.2, 0) is 0 Å². The van der Waals surface area contributed by atoms with Gasteiger partial charge in [0.25, 0.3) is 0 Å². The minimum absolute atomic E-state index is 0.734. The Morgan fingerprint density at radius 1 is 0.640 bits per heavy atom. The van der Waals surface area contributed by atoms with Gasteiger partial charge in [-0.25, -0.2) is 9.97 Å². The van der Waals surface area contributed by atoms with Crippen LogP contribution in [0.4, 0.5) is 11.6 Å². The molecule has 2 heterocycles. The van der Waals surface area contributed by atoms with Crippen molar-refractivity contribution in [1.82, 2.24) is 19.9 Å². The third-order valence-electron chi connectivity index (χ3n) is 4.20. The molecule has 0 fully saturated rings. The molecule has 0 spiro atoms. The number of nitrogens with zero attached hydrogens (tertiary/aromatic N) is 2. The quantitative estimate of drug-likeness (QED) is 0.444. The molecule has 0 aliphatic heterocycles. The number of aromatic amines is 2. The first-order valence-corrected chi connectivity index (χ1v) is 8.12. The Kier molecular flexibility index (Phi) is 3.03. The summed E-state index contributed by atoms with van der Waals surface area (Å²) in [5.41, 5.74) is 6.00.